The molecule has 0 unspecified atom stereocenters. The lowest BCUT2D eigenvalue weighted by Crippen LogP contribution is -2.30. The number of rotatable bonds is 3. The Labute approximate surface area is 110 Å². The Morgan fingerprint density at radius 1 is 1.42 bits per heavy atom. The van der Waals surface area contributed by atoms with Gasteiger partial charge < -0.3 is 10.2 Å². The number of halogens is 1. The molecule has 1 aromatic carbocycles. The van der Waals surface area contributed by atoms with Gasteiger partial charge in [0.1, 0.15) is 5.82 Å². The molecular weight excluding hydrogens is 247 g/mol. The van der Waals surface area contributed by atoms with Gasteiger partial charge in [0.05, 0.1) is 12.7 Å². The number of anilines is 1. The number of amides is 2. The third-order valence-electron chi connectivity index (χ3n) is 2.62. The lowest BCUT2D eigenvalue weighted by atomic mass is 10.3. The van der Waals surface area contributed by atoms with Crippen LogP contribution in [-0.2, 0) is 13.6 Å². The number of aryl methyl sites for hydroxylation is 1. The Hall–Kier alpha value is -2.37. The molecule has 100 valence electrons. The van der Waals surface area contributed by atoms with E-state index in [4.69, 9.17) is 0 Å². The van der Waals surface area contributed by atoms with Crippen molar-refractivity contribution in [3.63, 3.8) is 0 Å². The van der Waals surface area contributed by atoms with Crippen LogP contribution in [0.15, 0.2) is 36.7 Å². The van der Waals surface area contributed by atoms with Crippen molar-refractivity contribution in [2.75, 3.05) is 12.4 Å². The zero-order valence-corrected chi connectivity index (χ0v) is 10.8. The minimum absolute atomic E-state index is 0.254. The van der Waals surface area contributed by atoms with Crippen LogP contribution >= 0.6 is 0 Å². The largest absolute Gasteiger partial charge is 0.323 e. The number of urea groups is 1. The summed E-state index contributed by atoms with van der Waals surface area (Å²) in [7, 11) is 3.51. The van der Waals surface area contributed by atoms with E-state index in [1.807, 2.05) is 13.2 Å². The maximum atomic E-state index is 12.7. The first-order valence-corrected chi connectivity index (χ1v) is 5.80. The Morgan fingerprint density at radius 3 is 2.68 bits per heavy atom. The van der Waals surface area contributed by atoms with Crippen LogP contribution < -0.4 is 5.32 Å². The van der Waals surface area contributed by atoms with E-state index < -0.39 is 0 Å². The predicted octanol–water partition coefficient (Wildman–Crippen LogP) is 2.22. The van der Waals surface area contributed by atoms with Gasteiger partial charge in [-0.15, -0.1) is 0 Å². The number of benzene rings is 1. The van der Waals surface area contributed by atoms with Crippen LogP contribution in [-0.4, -0.2) is 27.8 Å². The molecule has 5 nitrogen and oxygen atoms in total. The van der Waals surface area contributed by atoms with Crippen LogP contribution in [0.3, 0.4) is 0 Å². The van der Waals surface area contributed by atoms with Gasteiger partial charge in [0.15, 0.2) is 0 Å². The lowest BCUT2D eigenvalue weighted by Gasteiger charge is -2.17. The van der Waals surface area contributed by atoms with Crippen LogP contribution in [0.1, 0.15) is 5.56 Å². The molecule has 1 heterocycles. The Morgan fingerprint density at radius 2 is 2.11 bits per heavy atom. The van der Waals surface area contributed by atoms with Crippen molar-refractivity contribution in [2.45, 2.75) is 6.54 Å². The highest BCUT2D eigenvalue weighted by Gasteiger charge is 2.10. The van der Waals surface area contributed by atoms with Crippen molar-refractivity contribution in [1.29, 1.82) is 0 Å². The van der Waals surface area contributed by atoms with Gasteiger partial charge in [-0.05, 0) is 24.3 Å². The molecule has 19 heavy (non-hydrogen) atoms. The molecule has 2 aromatic rings. The number of nitrogens with one attached hydrogen (secondary N) is 1. The molecule has 0 radical (unpaired) electrons. The van der Waals surface area contributed by atoms with Crippen molar-refractivity contribution in [3.8, 4) is 0 Å². The zero-order chi connectivity index (χ0) is 13.8. The fourth-order valence-corrected chi connectivity index (χ4v) is 1.65. The Kier molecular flexibility index (Phi) is 3.79. The third kappa shape index (κ3) is 3.54. The summed E-state index contributed by atoms with van der Waals surface area (Å²) in [5.74, 6) is -0.332. The minimum Gasteiger partial charge on any atom is -0.323 e. The molecule has 0 atom stereocenters. The van der Waals surface area contributed by atoms with Crippen LogP contribution in [0.5, 0.6) is 0 Å². The van der Waals surface area contributed by atoms with Crippen LogP contribution in [0.4, 0.5) is 14.9 Å². The Balaban J connectivity index is 1.94. The van der Waals surface area contributed by atoms with E-state index in [1.54, 1.807) is 17.9 Å². The number of hydrogen-bond acceptors (Lipinski definition) is 2. The van der Waals surface area contributed by atoms with Gasteiger partial charge >= 0.3 is 6.03 Å². The first-order chi connectivity index (χ1) is 9.04. The molecule has 1 N–H and O–H groups in total. The maximum Gasteiger partial charge on any atom is 0.321 e. The molecule has 2 amide bonds. The molecule has 0 aliphatic heterocycles. The van der Waals surface area contributed by atoms with Gasteiger partial charge in [-0.1, -0.05) is 0 Å². The molecular formula is C13H15FN4O. The highest BCUT2D eigenvalue weighted by atomic mass is 19.1. The van der Waals surface area contributed by atoms with Crippen molar-refractivity contribution >= 4 is 11.7 Å². The van der Waals surface area contributed by atoms with Gasteiger partial charge in [-0.2, -0.15) is 5.10 Å². The van der Waals surface area contributed by atoms with E-state index in [0.717, 1.165) is 5.56 Å². The second-order valence-electron chi connectivity index (χ2n) is 4.32. The number of aromatic nitrogens is 2. The third-order valence-corrected chi connectivity index (χ3v) is 2.62. The van der Waals surface area contributed by atoms with Crippen LogP contribution in [0.2, 0.25) is 0 Å². The standard InChI is InChI=1S/C13H15FN4O/c1-17(8-10-7-15-18(2)9-10)13(19)16-12-5-3-11(14)4-6-12/h3-7,9H,8H2,1-2H3,(H,16,19). The van der Waals surface area contributed by atoms with Crippen LogP contribution in [0, 0.1) is 5.82 Å². The predicted molar refractivity (Wildman–Crippen MR) is 70.1 cm³/mol. The summed E-state index contributed by atoms with van der Waals surface area (Å²) >= 11 is 0. The molecule has 0 aliphatic rings. The Bertz CT molecular complexity index is 564. The smallest absolute Gasteiger partial charge is 0.321 e. The molecule has 0 fully saturated rings. The van der Waals surface area contributed by atoms with E-state index in [9.17, 15) is 9.18 Å². The number of carbonyl (C=O) groups is 1. The van der Waals surface area contributed by atoms with E-state index in [1.165, 1.54) is 29.2 Å². The van der Waals surface area contributed by atoms with Gasteiger partial charge in [-0.3, -0.25) is 4.68 Å². The molecule has 6 heteroatoms. The van der Waals surface area contributed by atoms with Gasteiger partial charge in [0, 0.05) is 31.5 Å². The van der Waals surface area contributed by atoms with Crippen LogP contribution in [0.25, 0.3) is 0 Å². The van der Waals surface area contributed by atoms with E-state index in [-0.39, 0.29) is 11.8 Å². The van der Waals surface area contributed by atoms with Gasteiger partial charge in [0.25, 0.3) is 0 Å². The first kappa shape index (κ1) is 13.1. The molecule has 0 bridgehead atoms. The second kappa shape index (κ2) is 5.51. The summed E-state index contributed by atoms with van der Waals surface area (Å²) in [4.78, 5) is 13.4. The topological polar surface area (TPSA) is 50.2 Å². The van der Waals surface area contributed by atoms with Gasteiger partial charge in [-0.25, -0.2) is 9.18 Å². The number of hydrogen-bond donors (Lipinski definition) is 1. The zero-order valence-electron chi connectivity index (χ0n) is 10.8. The quantitative estimate of drug-likeness (QED) is 0.922. The number of carbonyl (C=O) groups excluding carboxylic acids is 1. The highest BCUT2D eigenvalue weighted by Crippen LogP contribution is 2.10. The fraction of sp³-hybridized carbons (Fsp3) is 0.231. The maximum absolute atomic E-state index is 12.7. The SMILES string of the molecule is CN(Cc1cnn(C)c1)C(=O)Nc1ccc(F)cc1. The average Bonchev–Trinajstić information content (AvgIpc) is 2.77. The molecule has 1 aromatic heterocycles. The molecule has 0 saturated carbocycles. The summed E-state index contributed by atoms with van der Waals surface area (Å²) in [6, 6.07) is 5.39. The first-order valence-electron chi connectivity index (χ1n) is 5.80. The second-order valence-corrected chi connectivity index (χ2v) is 4.32. The molecule has 0 spiro atoms. The monoisotopic (exact) mass is 262 g/mol. The average molecular weight is 262 g/mol. The van der Waals surface area contributed by atoms with Crippen molar-refractivity contribution in [3.05, 3.63) is 48.0 Å². The van der Waals surface area contributed by atoms with E-state index in [2.05, 4.69) is 10.4 Å². The highest BCUT2D eigenvalue weighted by molar-refractivity contribution is 5.89. The van der Waals surface area contributed by atoms with E-state index in [0.29, 0.717) is 12.2 Å². The summed E-state index contributed by atoms with van der Waals surface area (Å²) in [6.07, 6.45) is 3.56. The molecule has 0 saturated heterocycles. The molecule has 0 aliphatic carbocycles. The van der Waals surface area contributed by atoms with E-state index >= 15 is 0 Å². The molecule has 2 rings (SSSR count). The summed E-state index contributed by atoms with van der Waals surface area (Å²) in [5.41, 5.74) is 1.50. The fourth-order valence-electron chi connectivity index (χ4n) is 1.65. The minimum atomic E-state index is -0.332. The summed E-state index contributed by atoms with van der Waals surface area (Å²) < 4.78 is 14.4. The lowest BCUT2D eigenvalue weighted by molar-refractivity contribution is 0.220. The van der Waals surface area contributed by atoms with Crippen molar-refractivity contribution < 1.29 is 9.18 Å². The normalized spacial score (nSPS) is 10.3. The van der Waals surface area contributed by atoms with Crippen molar-refractivity contribution in [1.82, 2.24) is 14.7 Å². The van der Waals surface area contributed by atoms with Gasteiger partial charge in [0.2, 0.25) is 0 Å². The number of nitrogens with zero attached hydrogens (tertiary/aromatic N) is 3. The summed E-state index contributed by atoms with van der Waals surface area (Å²) in [6.45, 7) is 0.459. The summed E-state index contributed by atoms with van der Waals surface area (Å²) in [5, 5.41) is 6.73. The van der Waals surface area contributed by atoms with Crippen molar-refractivity contribution in [2.24, 2.45) is 7.05 Å².